The van der Waals surface area contributed by atoms with E-state index in [2.05, 4.69) is 82.6 Å². The van der Waals surface area contributed by atoms with Gasteiger partial charge < -0.3 is 4.90 Å². The third-order valence-corrected chi connectivity index (χ3v) is 7.26. The summed E-state index contributed by atoms with van der Waals surface area (Å²) in [6.45, 7) is 3.65. The predicted molar refractivity (Wildman–Crippen MR) is 131 cm³/mol. The van der Waals surface area contributed by atoms with Crippen molar-refractivity contribution >= 4 is 16.7 Å². The first-order valence-corrected chi connectivity index (χ1v) is 12.3. The second-order valence-electron chi connectivity index (χ2n) is 9.60. The molecule has 0 atom stereocenters. The van der Waals surface area contributed by atoms with E-state index in [0.29, 0.717) is 24.3 Å². The predicted octanol–water partition coefficient (Wildman–Crippen LogP) is 5.68. The van der Waals surface area contributed by atoms with Gasteiger partial charge in [0.1, 0.15) is 0 Å². The molecule has 0 unspecified atom stereocenters. The van der Waals surface area contributed by atoms with Gasteiger partial charge in [-0.25, -0.2) is 0 Å². The van der Waals surface area contributed by atoms with E-state index in [1.165, 1.54) is 34.7 Å². The van der Waals surface area contributed by atoms with E-state index in [9.17, 15) is 4.79 Å². The number of likely N-dealkylation sites (tertiary alicyclic amines) is 1. The zero-order valence-electron chi connectivity index (χ0n) is 19.0. The first-order chi connectivity index (χ1) is 15.8. The Hall–Kier alpha value is -2.65. The normalized spacial score (nSPS) is 17.2. The molecule has 2 aliphatic rings. The van der Waals surface area contributed by atoms with Crippen molar-refractivity contribution in [2.24, 2.45) is 5.92 Å². The standard InChI is InChI=1S/C29H34N2O/c32-29(30-18-15-24(16-19-30)21-23-7-2-1-3-8-23)17-20-31(27-13-14-27)22-26-11-6-10-25-9-4-5-12-28(25)26/h1-12,24,27H,13-22H2. The Morgan fingerprint density at radius 3 is 2.34 bits per heavy atom. The lowest BCUT2D eigenvalue weighted by atomic mass is 9.90. The van der Waals surface area contributed by atoms with Crippen LogP contribution in [0.15, 0.2) is 72.8 Å². The Kier molecular flexibility index (Phi) is 6.54. The molecular weight excluding hydrogens is 392 g/mol. The van der Waals surface area contributed by atoms with E-state index in [1.807, 2.05) is 0 Å². The molecule has 1 heterocycles. The van der Waals surface area contributed by atoms with E-state index in [0.717, 1.165) is 45.4 Å². The van der Waals surface area contributed by atoms with Crippen LogP contribution < -0.4 is 0 Å². The maximum Gasteiger partial charge on any atom is 0.223 e. The second kappa shape index (κ2) is 9.87. The first kappa shape index (κ1) is 21.2. The number of piperidine rings is 1. The molecule has 3 aromatic rings. The molecule has 0 bridgehead atoms. The minimum atomic E-state index is 0.340. The Morgan fingerprint density at radius 1 is 0.844 bits per heavy atom. The molecule has 0 N–H and O–H groups in total. The van der Waals surface area contributed by atoms with Gasteiger partial charge in [0.15, 0.2) is 0 Å². The van der Waals surface area contributed by atoms with Crippen molar-refractivity contribution in [2.45, 2.75) is 51.1 Å². The smallest absolute Gasteiger partial charge is 0.223 e. The molecular formula is C29H34N2O. The number of hydrogen-bond acceptors (Lipinski definition) is 2. The van der Waals surface area contributed by atoms with E-state index >= 15 is 0 Å². The lowest BCUT2D eigenvalue weighted by Crippen LogP contribution is -2.40. The topological polar surface area (TPSA) is 23.6 Å². The van der Waals surface area contributed by atoms with Gasteiger partial charge in [-0.3, -0.25) is 9.69 Å². The highest BCUT2D eigenvalue weighted by Crippen LogP contribution is 2.30. The SMILES string of the molecule is O=C(CCN(Cc1cccc2ccccc12)C1CC1)N1CCC(Cc2ccccc2)CC1. The molecule has 5 rings (SSSR count). The van der Waals surface area contributed by atoms with Crippen molar-refractivity contribution in [2.75, 3.05) is 19.6 Å². The van der Waals surface area contributed by atoms with E-state index in [4.69, 9.17) is 0 Å². The number of rotatable bonds is 8. The highest BCUT2D eigenvalue weighted by molar-refractivity contribution is 5.85. The number of carbonyl (C=O) groups excluding carboxylic acids is 1. The van der Waals surface area contributed by atoms with E-state index in [-0.39, 0.29) is 0 Å². The van der Waals surface area contributed by atoms with Crippen LogP contribution in [-0.4, -0.2) is 41.4 Å². The average molecular weight is 427 g/mol. The minimum Gasteiger partial charge on any atom is -0.343 e. The van der Waals surface area contributed by atoms with Crippen molar-refractivity contribution in [3.05, 3.63) is 83.9 Å². The van der Waals surface area contributed by atoms with Gasteiger partial charge in [-0.2, -0.15) is 0 Å². The first-order valence-electron chi connectivity index (χ1n) is 12.3. The maximum atomic E-state index is 13.0. The van der Waals surface area contributed by atoms with Crippen LogP contribution in [0.2, 0.25) is 0 Å². The molecule has 3 aromatic carbocycles. The van der Waals surface area contributed by atoms with Gasteiger partial charge in [-0.15, -0.1) is 0 Å². The van der Waals surface area contributed by atoms with Gasteiger partial charge in [0.05, 0.1) is 0 Å². The molecule has 2 fully saturated rings. The Morgan fingerprint density at radius 2 is 1.56 bits per heavy atom. The molecule has 1 saturated carbocycles. The molecule has 1 amide bonds. The third-order valence-electron chi connectivity index (χ3n) is 7.26. The van der Waals surface area contributed by atoms with E-state index in [1.54, 1.807) is 0 Å². The van der Waals surface area contributed by atoms with Gasteiger partial charge in [-0.1, -0.05) is 72.8 Å². The van der Waals surface area contributed by atoms with Crippen molar-refractivity contribution in [3.63, 3.8) is 0 Å². The van der Waals surface area contributed by atoms with Gasteiger partial charge in [-0.05, 0) is 59.9 Å². The molecule has 1 saturated heterocycles. The highest BCUT2D eigenvalue weighted by Gasteiger charge is 2.30. The summed E-state index contributed by atoms with van der Waals surface area (Å²) < 4.78 is 0. The van der Waals surface area contributed by atoms with Gasteiger partial charge in [0.25, 0.3) is 0 Å². The third kappa shape index (κ3) is 5.21. The van der Waals surface area contributed by atoms with Crippen LogP contribution in [0.5, 0.6) is 0 Å². The fraction of sp³-hybridized carbons (Fsp3) is 0.414. The monoisotopic (exact) mass is 426 g/mol. The van der Waals surface area contributed by atoms with Crippen LogP contribution in [-0.2, 0) is 17.8 Å². The summed E-state index contributed by atoms with van der Waals surface area (Å²) in [5.41, 5.74) is 2.80. The average Bonchev–Trinajstić information content (AvgIpc) is 3.68. The summed E-state index contributed by atoms with van der Waals surface area (Å²) in [5.74, 6) is 1.04. The fourth-order valence-electron chi connectivity index (χ4n) is 5.21. The van der Waals surface area contributed by atoms with E-state index < -0.39 is 0 Å². The molecule has 1 aliphatic heterocycles. The van der Waals surface area contributed by atoms with Crippen molar-refractivity contribution in [3.8, 4) is 0 Å². The number of benzene rings is 3. The lowest BCUT2D eigenvalue weighted by Gasteiger charge is -2.33. The molecule has 0 spiro atoms. The quantitative estimate of drug-likeness (QED) is 0.463. The minimum absolute atomic E-state index is 0.340. The van der Waals surface area contributed by atoms with Crippen LogP contribution in [0, 0.1) is 5.92 Å². The summed E-state index contributed by atoms with van der Waals surface area (Å²) in [7, 11) is 0. The Labute approximate surface area is 192 Å². The molecule has 3 nitrogen and oxygen atoms in total. The number of carbonyl (C=O) groups is 1. The van der Waals surface area contributed by atoms with Crippen LogP contribution in [0.4, 0.5) is 0 Å². The van der Waals surface area contributed by atoms with Crippen LogP contribution >= 0.6 is 0 Å². The number of nitrogens with zero attached hydrogens (tertiary/aromatic N) is 2. The number of hydrogen-bond donors (Lipinski definition) is 0. The molecule has 166 valence electrons. The van der Waals surface area contributed by atoms with Crippen molar-refractivity contribution < 1.29 is 4.79 Å². The van der Waals surface area contributed by atoms with Crippen LogP contribution in [0.25, 0.3) is 10.8 Å². The summed E-state index contributed by atoms with van der Waals surface area (Å²) in [5, 5.41) is 2.64. The second-order valence-corrected chi connectivity index (χ2v) is 9.60. The Bertz CT molecular complexity index is 1030. The molecule has 32 heavy (non-hydrogen) atoms. The summed E-state index contributed by atoms with van der Waals surface area (Å²) in [6.07, 6.45) is 6.58. The van der Waals surface area contributed by atoms with Gasteiger partial charge in [0.2, 0.25) is 5.91 Å². The molecule has 3 heteroatoms. The fourth-order valence-corrected chi connectivity index (χ4v) is 5.21. The lowest BCUT2D eigenvalue weighted by molar-refractivity contribution is -0.133. The Balaban J connectivity index is 1.13. The number of amides is 1. The number of fused-ring (bicyclic) bond motifs is 1. The zero-order chi connectivity index (χ0) is 21.8. The van der Waals surface area contributed by atoms with Gasteiger partial charge >= 0.3 is 0 Å². The zero-order valence-corrected chi connectivity index (χ0v) is 19.0. The highest BCUT2D eigenvalue weighted by atomic mass is 16.2. The van der Waals surface area contributed by atoms with Crippen molar-refractivity contribution in [1.29, 1.82) is 0 Å². The van der Waals surface area contributed by atoms with Crippen molar-refractivity contribution in [1.82, 2.24) is 9.80 Å². The van der Waals surface area contributed by atoms with Crippen LogP contribution in [0.3, 0.4) is 0 Å². The largest absolute Gasteiger partial charge is 0.343 e. The summed E-state index contributed by atoms with van der Waals surface area (Å²) in [4.78, 5) is 17.6. The summed E-state index contributed by atoms with van der Waals surface area (Å²) in [6, 6.07) is 26.6. The maximum absolute atomic E-state index is 13.0. The molecule has 0 radical (unpaired) electrons. The molecule has 1 aliphatic carbocycles. The van der Waals surface area contributed by atoms with Crippen LogP contribution in [0.1, 0.15) is 43.2 Å². The summed E-state index contributed by atoms with van der Waals surface area (Å²) >= 11 is 0. The van der Waals surface area contributed by atoms with Gasteiger partial charge in [0, 0.05) is 38.6 Å². The molecule has 0 aromatic heterocycles.